The fourth-order valence-electron chi connectivity index (χ4n) is 1.91. The Morgan fingerprint density at radius 2 is 1.88 bits per heavy atom. The predicted molar refractivity (Wildman–Crippen MR) is 67.5 cm³/mol. The van der Waals surface area contributed by atoms with Crippen LogP contribution < -0.4 is 5.73 Å². The lowest BCUT2D eigenvalue weighted by Gasteiger charge is -2.26. The van der Waals surface area contributed by atoms with Crippen LogP contribution in [-0.4, -0.2) is 14.8 Å². The van der Waals surface area contributed by atoms with Crippen molar-refractivity contribution in [3.8, 4) is 0 Å². The summed E-state index contributed by atoms with van der Waals surface area (Å²) in [6.07, 6.45) is 1.73. The molecule has 4 nitrogen and oxygen atoms in total. The zero-order valence-corrected chi connectivity index (χ0v) is 10.5. The van der Waals surface area contributed by atoms with Gasteiger partial charge in [0, 0.05) is 6.04 Å². The van der Waals surface area contributed by atoms with Gasteiger partial charge in [-0.1, -0.05) is 30.3 Å². The van der Waals surface area contributed by atoms with Gasteiger partial charge in [-0.3, -0.25) is 0 Å². The van der Waals surface area contributed by atoms with Crippen LogP contribution in [0.15, 0.2) is 36.7 Å². The van der Waals surface area contributed by atoms with Crippen LogP contribution in [0, 0.1) is 0 Å². The molecule has 1 heterocycles. The zero-order valence-electron chi connectivity index (χ0n) is 10.5. The lowest BCUT2D eigenvalue weighted by molar-refractivity contribution is 0.477. The molecular weight excluding hydrogens is 212 g/mol. The average Bonchev–Trinajstić information content (AvgIpc) is 2.80. The smallest absolute Gasteiger partial charge is 0.157 e. The zero-order chi connectivity index (χ0) is 12.5. The summed E-state index contributed by atoms with van der Waals surface area (Å²) < 4.78 is 2.01. The van der Waals surface area contributed by atoms with Crippen LogP contribution in [-0.2, 0) is 5.54 Å². The van der Waals surface area contributed by atoms with Crippen LogP contribution in [0.25, 0.3) is 0 Å². The molecule has 0 spiro atoms. The third kappa shape index (κ3) is 2.08. The molecule has 17 heavy (non-hydrogen) atoms. The Morgan fingerprint density at radius 3 is 2.47 bits per heavy atom. The third-order valence-corrected chi connectivity index (χ3v) is 2.97. The Labute approximate surface area is 101 Å². The highest BCUT2D eigenvalue weighted by atomic mass is 15.3. The molecule has 0 aliphatic carbocycles. The Bertz CT molecular complexity index is 485. The maximum Gasteiger partial charge on any atom is 0.157 e. The van der Waals surface area contributed by atoms with E-state index in [1.807, 2.05) is 41.8 Å². The molecule has 0 saturated carbocycles. The molecule has 1 aromatic heterocycles. The van der Waals surface area contributed by atoms with E-state index in [2.05, 4.69) is 24.0 Å². The molecule has 1 aromatic carbocycles. The van der Waals surface area contributed by atoms with E-state index in [4.69, 9.17) is 5.73 Å². The van der Waals surface area contributed by atoms with Crippen molar-refractivity contribution >= 4 is 0 Å². The minimum Gasteiger partial charge on any atom is -0.315 e. The van der Waals surface area contributed by atoms with Crippen molar-refractivity contribution in [1.82, 2.24) is 14.8 Å². The third-order valence-electron chi connectivity index (χ3n) is 2.97. The maximum absolute atomic E-state index is 6.42. The number of hydrogen-bond donors (Lipinski definition) is 1. The molecule has 0 saturated heterocycles. The standard InChI is InChI=1S/C13H18N4/c1-10(2)17-9-15-16-12(17)13(3,14)11-7-5-4-6-8-11/h4-10H,14H2,1-3H3. The molecule has 0 aliphatic rings. The van der Waals surface area contributed by atoms with Crippen molar-refractivity contribution in [2.24, 2.45) is 5.73 Å². The molecule has 0 bridgehead atoms. The van der Waals surface area contributed by atoms with Gasteiger partial charge in [-0.05, 0) is 26.3 Å². The fourth-order valence-corrected chi connectivity index (χ4v) is 1.91. The van der Waals surface area contributed by atoms with Crippen molar-refractivity contribution < 1.29 is 0 Å². The second-order valence-corrected chi connectivity index (χ2v) is 4.72. The molecule has 4 heteroatoms. The quantitative estimate of drug-likeness (QED) is 0.878. The summed E-state index contributed by atoms with van der Waals surface area (Å²) in [6.45, 7) is 6.15. The van der Waals surface area contributed by atoms with Gasteiger partial charge >= 0.3 is 0 Å². The van der Waals surface area contributed by atoms with Gasteiger partial charge in [0.25, 0.3) is 0 Å². The van der Waals surface area contributed by atoms with Crippen LogP contribution in [0.1, 0.15) is 38.2 Å². The van der Waals surface area contributed by atoms with Gasteiger partial charge in [0.15, 0.2) is 5.82 Å². The second-order valence-electron chi connectivity index (χ2n) is 4.72. The van der Waals surface area contributed by atoms with Gasteiger partial charge < -0.3 is 10.3 Å². The summed E-state index contributed by atoms with van der Waals surface area (Å²) >= 11 is 0. The van der Waals surface area contributed by atoms with Crippen LogP contribution in [0.2, 0.25) is 0 Å². The molecule has 2 rings (SSSR count). The number of rotatable bonds is 3. The van der Waals surface area contributed by atoms with Crippen LogP contribution in [0.4, 0.5) is 0 Å². The molecule has 1 atom stereocenters. The van der Waals surface area contributed by atoms with Gasteiger partial charge in [-0.25, -0.2) is 0 Å². The maximum atomic E-state index is 6.42. The van der Waals surface area contributed by atoms with E-state index < -0.39 is 5.54 Å². The van der Waals surface area contributed by atoms with E-state index in [9.17, 15) is 0 Å². The Morgan fingerprint density at radius 1 is 1.24 bits per heavy atom. The first-order valence-corrected chi connectivity index (χ1v) is 5.78. The lowest BCUT2D eigenvalue weighted by Crippen LogP contribution is -2.37. The van der Waals surface area contributed by atoms with Crippen molar-refractivity contribution in [1.29, 1.82) is 0 Å². The monoisotopic (exact) mass is 230 g/mol. The summed E-state index contributed by atoms with van der Waals surface area (Å²) in [5, 5.41) is 8.14. The van der Waals surface area contributed by atoms with Gasteiger partial charge in [-0.15, -0.1) is 10.2 Å². The van der Waals surface area contributed by atoms with Gasteiger partial charge in [0.2, 0.25) is 0 Å². The summed E-state index contributed by atoms with van der Waals surface area (Å²) in [6, 6.07) is 10.3. The fraction of sp³-hybridized carbons (Fsp3) is 0.385. The van der Waals surface area contributed by atoms with E-state index >= 15 is 0 Å². The summed E-state index contributed by atoms with van der Waals surface area (Å²) in [7, 11) is 0. The van der Waals surface area contributed by atoms with Gasteiger partial charge in [0.1, 0.15) is 6.33 Å². The number of hydrogen-bond acceptors (Lipinski definition) is 3. The topological polar surface area (TPSA) is 56.7 Å². The normalized spacial score (nSPS) is 14.9. The number of nitrogens with two attached hydrogens (primary N) is 1. The molecule has 1 unspecified atom stereocenters. The van der Waals surface area contributed by atoms with Crippen molar-refractivity contribution in [2.45, 2.75) is 32.4 Å². The highest BCUT2D eigenvalue weighted by Crippen LogP contribution is 2.26. The molecular formula is C13H18N4. The summed E-state index contributed by atoms with van der Waals surface area (Å²) in [5.74, 6) is 0.790. The van der Waals surface area contributed by atoms with E-state index in [0.717, 1.165) is 11.4 Å². The Kier molecular flexibility index (Phi) is 2.98. The van der Waals surface area contributed by atoms with Crippen LogP contribution >= 0.6 is 0 Å². The largest absolute Gasteiger partial charge is 0.315 e. The number of benzene rings is 1. The second kappa shape index (κ2) is 4.30. The Hall–Kier alpha value is -1.68. The van der Waals surface area contributed by atoms with E-state index in [-0.39, 0.29) is 0 Å². The van der Waals surface area contributed by atoms with Crippen molar-refractivity contribution in [3.05, 3.63) is 48.0 Å². The predicted octanol–water partition coefficient (Wildman–Crippen LogP) is 2.08. The molecule has 90 valence electrons. The molecule has 0 aliphatic heterocycles. The molecule has 0 fully saturated rings. The SMILES string of the molecule is CC(C)n1cnnc1C(C)(N)c1ccccc1. The number of aromatic nitrogens is 3. The molecule has 0 amide bonds. The Balaban J connectivity index is 2.48. The first-order valence-electron chi connectivity index (χ1n) is 5.78. The van der Waals surface area contributed by atoms with Crippen molar-refractivity contribution in [2.75, 3.05) is 0 Å². The van der Waals surface area contributed by atoms with E-state index in [1.54, 1.807) is 6.33 Å². The minimum atomic E-state index is -0.623. The van der Waals surface area contributed by atoms with E-state index in [1.165, 1.54) is 0 Å². The van der Waals surface area contributed by atoms with Gasteiger partial charge in [0.05, 0.1) is 5.54 Å². The lowest BCUT2D eigenvalue weighted by atomic mass is 9.92. The molecule has 2 aromatic rings. The highest BCUT2D eigenvalue weighted by Gasteiger charge is 2.29. The summed E-state index contributed by atoms with van der Waals surface area (Å²) in [4.78, 5) is 0. The van der Waals surface area contributed by atoms with Crippen LogP contribution in [0.5, 0.6) is 0 Å². The molecule has 2 N–H and O–H groups in total. The van der Waals surface area contributed by atoms with Crippen molar-refractivity contribution in [3.63, 3.8) is 0 Å². The average molecular weight is 230 g/mol. The first-order chi connectivity index (χ1) is 8.03. The number of nitrogens with zero attached hydrogens (tertiary/aromatic N) is 3. The van der Waals surface area contributed by atoms with E-state index in [0.29, 0.717) is 6.04 Å². The highest BCUT2D eigenvalue weighted by molar-refractivity contribution is 5.30. The minimum absolute atomic E-state index is 0.298. The van der Waals surface area contributed by atoms with Crippen LogP contribution in [0.3, 0.4) is 0 Å². The van der Waals surface area contributed by atoms with Gasteiger partial charge in [-0.2, -0.15) is 0 Å². The first kappa shape index (κ1) is 11.8. The molecule has 0 radical (unpaired) electrons. The summed E-state index contributed by atoms with van der Waals surface area (Å²) in [5.41, 5.74) is 6.83.